The first-order chi connectivity index (χ1) is 13.4. The number of anilines is 1. The average Bonchev–Trinajstić information content (AvgIpc) is 3.39. The molecule has 2 aromatic heterocycles. The molecule has 0 aliphatic carbocycles. The molecule has 3 aromatic rings. The summed E-state index contributed by atoms with van der Waals surface area (Å²) < 4.78 is 1.99. The van der Waals surface area contributed by atoms with E-state index in [0.717, 1.165) is 62.9 Å². The minimum Gasteiger partial charge on any atom is -0.355 e. The molecule has 27 heavy (non-hydrogen) atoms. The highest BCUT2D eigenvalue weighted by molar-refractivity contribution is 5.46. The molecule has 4 heterocycles. The normalized spacial score (nSPS) is 19.2. The van der Waals surface area contributed by atoms with Gasteiger partial charge >= 0.3 is 0 Å². The van der Waals surface area contributed by atoms with E-state index in [1.54, 1.807) is 0 Å². The molecule has 140 valence electrons. The zero-order valence-electron chi connectivity index (χ0n) is 15.7. The first-order valence-corrected chi connectivity index (χ1v) is 10.1. The van der Waals surface area contributed by atoms with E-state index < -0.39 is 0 Å². The van der Waals surface area contributed by atoms with Crippen molar-refractivity contribution in [3.63, 3.8) is 0 Å². The van der Waals surface area contributed by atoms with E-state index >= 15 is 0 Å². The number of piperidine rings is 1. The van der Waals surface area contributed by atoms with Crippen molar-refractivity contribution in [3.05, 3.63) is 53.9 Å². The molecule has 1 aromatic carbocycles. The first-order valence-electron chi connectivity index (χ1n) is 10.1. The molecule has 6 nitrogen and oxygen atoms in total. The van der Waals surface area contributed by atoms with Crippen LogP contribution in [0.2, 0.25) is 0 Å². The fourth-order valence-electron chi connectivity index (χ4n) is 4.36. The van der Waals surface area contributed by atoms with E-state index in [1.165, 1.54) is 18.4 Å². The van der Waals surface area contributed by atoms with Crippen molar-refractivity contribution in [2.75, 3.05) is 31.1 Å². The van der Waals surface area contributed by atoms with Gasteiger partial charge in [0.2, 0.25) is 0 Å². The van der Waals surface area contributed by atoms with Crippen molar-refractivity contribution < 1.29 is 0 Å². The molecule has 0 saturated carbocycles. The van der Waals surface area contributed by atoms with Gasteiger partial charge in [-0.1, -0.05) is 30.3 Å². The standard InChI is InChI=1S/C21H26N6/c1-2-6-17(7-3-1)16-25-14-10-18(11-15-25)21-23-22-19-8-9-20(24-27(19)21)26-12-4-5-13-26/h1-3,6-9,18H,4-5,10-16H2. The fourth-order valence-corrected chi connectivity index (χ4v) is 4.36. The van der Waals surface area contributed by atoms with Crippen molar-refractivity contribution in [2.24, 2.45) is 0 Å². The third-order valence-corrected chi connectivity index (χ3v) is 5.90. The highest BCUT2D eigenvalue weighted by Crippen LogP contribution is 2.28. The number of hydrogen-bond acceptors (Lipinski definition) is 5. The third-order valence-electron chi connectivity index (χ3n) is 5.90. The number of nitrogens with zero attached hydrogens (tertiary/aromatic N) is 6. The van der Waals surface area contributed by atoms with Gasteiger partial charge in [-0.2, -0.15) is 4.52 Å². The van der Waals surface area contributed by atoms with E-state index in [2.05, 4.69) is 62.5 Å². The topological polar surface area (TPSA) is 49.6 Å². The lowest BCUT2D eigenvalue weighted by atomic mass is 9.96. The molecule has 2 saturated heterocycles. The van der Waals surface area contributed by atoms with Gasteiger partial charge in [0.15, 0.2) is 11.5 Å². The summed E-state index contributed by atoms with van der Waals surface area (Å²) in [5.74, 6) is 2.53. The zero-order chi connectivity index (χ0) is 18.1. The van der Waals surface area contributed by atoms with Crippen molar-refractivity contribution in [1.29, 1.82) is 0 Å². The number of fused-ring (bicyclic) bond motifs is 1. The van der Waals surface area contributed by atoms with Gasteiger partial charge in [-0.15, -0.1) is 15.3 Å². The van der Waals surface area contributed by atoms with Crippen molar-refractivity contribution in [2.45, 2.75) is 38.1 Å². The highest BCUT2D eigenvalue weighted by atomic mass is 15.4. The SMILES string of the molecule is c1ccc(CN2CCC(c3nnc4ccc(N5CCCC5)nn34)CC2)cc1. The smallest absolute Gasteiger partial charge is 0.178 e. The summed E-state index contributed by atoms with van der Waals surface area (Å²) >= 11 is 0. The van der Waals surface area contributed by atoms with Gasteiger partial charge in [-0.25, -0.2) is 0 Å². The molecular weight excluding hydrogens is 336 g/mol. The summed E-state index contributed by atoms with van der Waals surface area (Å²) in [6.45, 7) is 5.44. The maximum atomic E-state index is 4.88. The minimum atomic E-state index is 0.438. The van der Waals surface area contributed by atoms with E-state index in [9.17, 15) is 0 Å². The number of hydrogen-bond donors (Lipinski definition) is 0. The van der Waals surface area contributed by atoms with Crippen LogP contribution in [0.25, 0.3) is 5.65 Å². The molecule has 2 fully saturated rings. The molecule has 5 rings (SSSR count). The number of likely N-dealkylation sites (tertiary alicyclic amines) is 1. The maximum Gasteiger partial charge on any atom is 0.178 e. The van der Waals surface area contributed by atoms with E-state index in [-0.39, 0.29) is 0 Å². The van der Waals surface area contributed by atoms with Crippen LogP contribution in [0.1, 0.15) is 43.0 Å². The van der Waals surface area contributed by atoms with Gasteiger partial charge in [0.05, 0.1) is 0 Å². The molecule has 0 bridgehead atoms. The summed E-state index contributed by atoms with van der Waals surface area (Å²) in [7, 11) is 0. The molecule has 0 N–H and O–H groups in total. The minimum absolute atomic E-state index is 0.438. The van der Waals surface area contributed by atoms with Gasteiger partial charge in [0, 0.05) is 25.6 Å². The van der Waals surface area contributed by atoms with Crippen LogP contribution in [0.4, 0.5) is 5.82 Å². The summed E-state index contributed by atoms with van der Waals surface area (Å²) in [5, 5.41) is 13.8. The summed E-state index contributed by atoms with van der Waals surface area (Å²) in [4.78, 5) is 4.91. The fraction of sp³-hybridized carbons (Fsp3) is 0.476. The Morgan fingerprint density at radius 1 is 0.852 bits per heavy atom. The Kier molecular flexibility index (Phi) is 4.49. The van der Waals surface area contributed by atoms with E-state index in [0.29, 0.717) is 5.92 Å². The van der Waals surface area contributed by atoms with Crippen molar-refractivity contribution in [3.8, 4) is 0 Å². The predicted molar refractivity (Wildman–Crippen MR) is 106 cm³/mol. The van der Waals surface area contributed by atoms with Gasteiger partial charge in [0.25, 0.3) is 0 Å². The van der Waals surface area contributed by atoms with Gasteiger partial charge < -0.3 is 4.90 Å². The highest BCUT2D eigenvalue weighted by Gasteiger charge is 2.25. The van der Waals surface area contributed by atoms with Gasteiger partial charge in [-0.05, 0) is 56.5 Å². The largest absolute Gasteiger partial charge is 0.355 e. The lowest BCUT2D eigenvalue weighted by Crippen LogP contribution is -2.33. The van der Waals surface area contributed by atoms with Crippen LogP contribution in [-0.4, -0.2) is 50.9 Å². The molecule has 0 spiro atoms. The average molecular weight is 362 g/mol. The predicted octanol–water partition coefficient (Wildman–Crippen LogP) is 3.10. The van der Waals surface area contributed by atoms with E-state index in [4.69, 9.17) is 5.10 Å². The number of rotatable bonds is 4. The Bertz CT molecular complexity index is 891. The summed E-state index contributed by atoms with van der Waals surface area (Å²) in [6, 6.07) is 14.9. The van der Waals surface area contributed by atoms with Crippen LogP contribution in [0, 0.1) is 0 Å². The molecule has 0 radical (unpaired) electrons. The van der Waals surface area contributed by atoms with Crippen LogP contribution in [-0.2, 0) is 6.54 Å². The van der Waals surface area contributed by atoms with Crippen LogP contribution < -0.4 is 4.90 Å². The zero-order valence-corrected chi connectivity index (χ0v) is 15.7. The molecule has 0 atom stereocenters. The Hall–Kier alpha value is -2.47. The first kappa shape index (κ1) is 16.7. The Balaban J connectivity index is 1.30. The second kappa shape index (κ2) is 7.27. The summed E-state index contributed by atoms with van der Waals surface area (Å²) in [6.07, 6.45) is 4.75. The molecular formula is C21H26N6. The number of aromatic nitrogens is 4. The Labute approximate surface area is 159 Å². The van der Waals surface area contributed by atoms with Crippen LogP contribution in [0.5, 0.6) is 0 Å². The van der Waals surface area contributed by atoms with Crippen LogP contribution in [0.3, 0.4) is 0 Å². The second-order valence-corrected chi connectivity index (χ2v) is 7.75. The Morgan fingerprint density at radius 2 is 1.63 bits per heavy atom. The lowest BCUT2D eigenvalue weighted by Gasteiger charge is -2.31. The Morgan fingerprint density at radius 3 is 2.41 bits per heavy atom. The monoisotopic (exact) mass is 362 g/mol. The van der Waals surface area contributed by atoms with Gasteiger partial charge in [-0.3, -0.25) is 4.90 Å². The van der Waals surface area contributed by atoms with Crippen LogP contribution in [0.15, 0.2) is 42.5 Å². The molecule has 0 amide bonds. The lowest BCUT2D eigenvalue weighted by molar-refractivity contribution is 0.201. The third kappa shape index (κ3) is 3.41. The second-order valence-electron chi connectivity index (χ2n) is 7.75. The van der Waals surface area contributed by atoms with Crippen LogP contribution >= 0.6 is 0 Å². The molecule has 2 aliphatic heterocycles. The van der Waals surface area contributed by atoms with Crippen molar-refractivity contribution >= 4 is 11.5 Å². The molecule has 0 unspecified atom stereocenters. The quantitative estimate of drug-likeness (QED) is 0.714. The van der Waals surface area contributed by atoms with E-state index in [1.807, 2.05) is 4.52 Å². The molecule has 6 heteroatoms. The summed E-state index contributed by atoms with van der Waals surface area (Å²) in [5.41, 5.74) is 2.25. The number of benzene rings is 1. The van der Waals surface area contributed by atoms with Crippen molar-refractivity contribution in [1.82, 2.24) is 24.7 Å². The molecule has 2 aliphatic rings. The maximum absolute atomic E-state index is 4.88. The van der Waals surface area contributed by atoms with Gasteiger partial charge in [0.1, 0.15) is 5.82 Å².